The molecule has 2 aliphatic carbocycles. The van der Waals surface area contributed by atoms with Gasteiger partial charge in [0.2, 0.25) is 0 Å². The van der Waals surface area contributed by atoms with Gasteiger partial charge < -0.3 is 0 Å². The topological polar surface area (TPSA) is 0 Å². The summed E-state index contributed by atoms with van der Waals surface area (Å²) in [6.07, 6.45) is 18.4. The summed E-state index contributed by atoms with van der Waals surface area (Å²) >= 11 is 0. The Kier molecular flexibility index (Phi) is 2.44. The zero-order valence-corrected chi connectivity index (χ0v) is 11.5. The fourth-order valence-corrected chi connectivity index (χ4v) is 8.05. The van der Waals surface area contributed by atoms with Gasteiger partial charge in [0.15, 0.2) is 8.07 Å². The quantitative estimate of drug-likeness (QED) is 0.630. The maximum atomic E-state index is 2.54. The molecule has 0 nitrogen and oxygen atoms in total. The number of hydrogen-bond acceptors (Lipinski definition) is 0. The Morgan fingerprint density at radius 3 is 1.88 bits per heavy atom. The summed E-state index contributed by atoms with van der Waals surface area (Å²) in [6.45, 7) is 4.60. The van der Waals surface area contributed by atoms with E-state index >= 15 is 0 Å². The van der Waals surface area contributed by atoms with Gasteiger partial charge in [0.05, 0.1) is 0 Å². The maximum absolute atomic E-state index is 2.54. The van der Waals surface area contributed by atoms with Gasteiger partial charge in [0.25, 0.3) is 0 Å². The molecule has 0 radical (unpaired) electrons. The standard InChI is InChI=1S/C16H18Si/c1-13-11-12-17(14(13)2,15-7-3-4-8-15)16-9-5-6-10-16/h3-7,9,11-12H,8,10H2,1-2H3. The second-order valence-corrected chi connectivity index (χ2v) is 9.08. The average molecular weight is 238 g/mol. The van der Waals surface area contributed by atoms with Gasteiger partial charge in [-0.2, -0.15) is 0 Å². The molecule has 0 amide bonds. The van der Waals surface area contributed by atoms with Crippen LogP contribution in [0.4, 0.5) is 0 Å². The molecular formula is C16H18Si. The lowest BCUT2D eigenvalue weighted by Crippen LogP contribution is -2.38. The summed E-state index contributed by atoms with van der Waals surface area (Å²) in [5.74, 6) is 0. The molecule has 3 aliphatic rings. The van der Waals surface area contributed by atoms with E-state index in [9.17, 15) is 0 Å². The molecule has 0 unspecified atom stereocenters. The van der Waals surface area contributed by atoms with E-state index in [4.69, 9.17) is 0 Å². The van der Waals surface area contributed by atoms with Gasteiger partial charge in [-0.1, -0.05) is 69.4 Å². The molecule has 0 saturated carbocycles. The van der Waals surface area contributed by atoms with E-state index in [-0.39, 0.29) is 0 Å². The Bertz CT molecular complexity index is 506. The summed E-state index contributed by atoms with van der Waals surface area (Å²) in [7, 11) is -1.64. The van der Waals surface area contributed by atoms with E-state index in [0.29, 0.717) is 0 Å². The van der Waals surface area contributed by atoms with Crippen molar-refractivity contribution < 1.29 is 0 Å². The fraction of sp³-hybridized carbons (Fsp3) is 0.250. The van der Waals surface area contributed by atoms with E-state index in [2.05, 4.69) is 62.1 Å². The van der Waals surface area contributed by atoms with Gasteiger partial charge >= 0.3 is 0 Å². The van der Waals surface area contributed by atoms with Crippen LogP contribution < -0.4 is 0 Å². The van der Waals surface area contributed by atoms with Crippen molar-refractivity contribution in [2.24, 2.45) is 0 Å². The van der Waals surface area contributed by atoms with Crippen LogP contribution in [0.5, 0.6) is 0 Å². The van der Waals surface area contributed by atoms with Gasteiger partial charge in [-0.15, -0.1) is 0 Å². The van der Waals surface area contributed by atoms with Gasteiger partial charge in [-0.3, -0.25) is 0 Å². The molecule has 86 valence electrons. The highest BCUT2D eigenvalue weighted by Gasteiger charge is 2.42. The lowest BCUT2D eigenvalue weighted by molar-refractivity contribution is 1.30. The van der Waals surface area contributed by atoms with Gasteiger partial charge in [-0.05, 0) is 26.7 Å². The van der Waals surface area contributed by atoms with Crippen LogP contribution in [0.25, 0.3) is 0 Å². The molecule has 0 N–H and O–H groups in total. The first-order valence-electron chi connectivity index (χ1n) is 6.34. The first kappa shape index (κ1) is 10.8. The summed E-state index contributed by atoms with van der Waals surface area (Å²) in [5.41, 5.74) is 4.02. The third-order valence-electron chi connectivity index (χ3n) is 4.32. The summed E-state index contributed by atoms with van der Waals surface area (Å²) in [4.78, 5) is 0. The largest absolute Gasteiger partial charge is 0.160 e. The van der Waals surface area contributed by atoms with E-state index in [1.54, 1.807) is 15.6 Å². The molecule has 0 aromatic heterocycles. The molecule has 0 aromatic rings. The normalized spacial score (nSPS) is 24.8. The minimum Gasteiger partial charge on any atom is -0.0822 e. The van der Waals surface area contributed by atoms with Crippen molar-refractivity contribution in [1.82, 2.24) is 0 Å². The van der Waals surface area contributed by atoms with Crippen molar-refractivity contribution in [1.29, 1.82) is 0 Å². The molecule has 0 spiro atoms. The first-order chi connectivity index (χ1) is 8.25. The van der Waals surface area contributed by atoms with E-state index < -0.39 is 8.07 Å². The highest BCUT2D eigenvalue weighted by Crippen LogP contribution is 2.43. The highest BCUT2D eigenvalue weighted by molar-refractivity contribution is 7.03. The van der Waals surface area contributed by atoms with Crippen molar-refractivity contribution in [2.75, 3.05) is 0 Å². The SMILES string of the molecule is CC1=C(C)[Si](C2=CC=CC2)(C2=CC=CC2)C=C1. The number of allylic oxidation sites excluding steroid dienone is 11. The molecule has 0 saturated heterocycles. The van der Waals surface area contributed by atoms with Crippen LogP contribution in [0.3, 0.4) is 0 Å². The van der Waals surface area contributed by atoms with Crippen LogP contribution in [0, 0.1) is 0 Å². The Morgan fingerprint density at radius 1 is 0.941 bits per heavy atom. The zero-order valence-electron chi connectivity index (χ0n) is 10.5. The van der Waals surface area contributed by atoms with Gasteiger partial charge in [0.1, 0.15) is 0 Å². The molecule has 0 fully saturated rings. The van der Waals surface area contributed by atoms with Crippen LogP contribution in [-0.2, 0) is 0 Å². The second-order valence-electron chi connectivity index (χ2n) is 5.10. The van der Waals surface area contributed by atoms with Crippen molar-refractivity contribution in [3.63, 3.8) is 0 Å². The van der Waals surface area contributed by atoms with Crippen molar-refractivity contribution in [3.8, 4) is 0 Å². The first-order valence-corrected chi connectivity index (χ1v) is 8.42. The number of rotatable bonds is 2. The summed E-state index contributed by atoms with van der Waals surface area (Å²) in [6, 6.07) is 0. The molecule has 1 heterocycles. The Labute approximate surface area is 104 Å². The van der Waals surface area contributed by atoms with Crippen LogP contribution in [-0.4, -0.2) is 8.07 Å². The molecular weight excluding hydrogens is 220 g/mol. The minimum atomic E-state index is -1.64. The summed E-state index contributed by atoms with van der Waals surface area (Å²) in [5, 5.41) is 4.97. The molecule has 0 aromatic carbocycles. The molecule has 0 bridgehead atoms. The monoisotopic (exact) mass is 238 g/mol. The van der Waals surface area contributed by atoms with Crippen molar-refractivity contribution >= 4 is 8.07 Å². The molecule has 1 aliphatic heterocycles. The highest BCUT2D eigenvalue weighted by atomic mass is 28.3. The predicted molar refractivity (Wildman–Crippen MR) is 76.9 cm³/mol. The van der Waals surface area contributed by atoms with Gasteiger partial charge in [-0.25, -0.2) is 0 Å². The summed E-state index contributed by atoms with van der Waals surface area (Å²) < 4.78 is 0. The second kappa shape index (κ2) is 3.85. The lowest BCUT2D eigenvalue weighted by Gasteiger charge is -2.31. The molecule has 0 atom stereocenters. The van der Waals surface area contributed by atoms with Crippen LogP contribution in [0.2, 0.25) is 0 Å². The molecule has 17 heavy (non-hydrogen) atoms. The van der Waals surface area contributed by atoms with Crippen LogP contribution in [0.1, 0.15) is 26.7 Å². The maximum Gasteiger partial charge on any atom is 0.160 e. The third kappa shape index (κ3) is 1.42. The Morgan fingerprint density at radius 2 is 1.53 bits per heavy atom. The molecule has 3 rings (SSSR count). The Balaban J connectivity index is 2.13. The van der Waals surface area contributed by atoms with Gasteiger partial charge in [0, 0.05) is 0 Å². The Hall–Kier alpha value is -1.34. The van der Waals surface area contributed by atoms with E-state index in [0.717, 1.165) is 12.8 Å². The van der Waals surface area contributed by atoms with E-state index in [1.165, 1.54) is 5.57 Å². The van der Waals surface area contributed by atoms with Crippen molar-refractivity contribution in [2.45, 2.75) is 26.7 Å². The van der Waals surface area contributed by atoms with E-state index in [1.807, 2.05) is 0 Å². The fourth-order valence-electron chi connectivity index (χ4n) is 3.19. The molecule has 1 heteroatoms. The number of hydrogen-bond donors (Lipinski definition) is 0. The zero-order chi connectivity index (χ0) is 11.9. The third-order valence-corrected chi connectivity index (χ3v) is 9.33. The van der Waals surface area contributed by atoms with Crippen molar-refractivity contribution in [3.05, 3.63) is 69.4 Å². The smallest absolute Gasteiger partial charge is 0.0822 e. The lowest BCUT2D eigenvalue weighted by atomic mass is 10.3. The predicted octanol–water partition coefficient (Wildman–Crippen LogP) is 4.27. The minimum absolute atomic E-state index is 1.15. The average Bonchev–Trinajstić information content (AvgIpc) is 3.03. The van der Waals surface area contributed by atoms with Crippen LogP contribution in [0.15, 0.2) is 69.4 Å². The van der Waals surface area contributed by atoms with Crippen LogP contribution >= 0.6 is 0 Å².